The monoisotopic (exact) mass is 232 g/mol. The molecule has 0 aromatic rings. The molecule has 2 nitrogen and oxygen atoms in total. The van der Waals surface area contributed by atoms with Gasteiger partial charge in [-0.25, -0.2) is 0 Å². The summed E-state index contributed by atoms with van der Waals surface area (Å²) in [5.74, 6) is -5.32. The summed E-state index contributed by atoms with van der Waals surface area (Å²) in [6, 6.07) is 0. The topological polar surface area (TPSA) is 37.3 Å². The van der Waals surface area contributed by atoms with Gasteiger partial charge < -0.3 is 5.11 Å². The summed E-state index contributed by atoms with van der Waals surface area (Å²) in [7, 11) is 0. The standard InChI is InChI=1S/C12H18F2O2/c1-2-6-10(15)12(13,14)11(16)9-7-4-3-5-8-9/h2,6,9-10,15H,3-5,7-8H2,1H3/b6-2+. The maximum absolute atomic E-state index is 13.5. The molecule has 1 aliphatic carbocycles. The maximum Gasteiger partial charge on any atom is 0.334 e. The summed E-state index contributed by atoms with van der Waals surface area (Å²) >= 11 is 0. The number of carbonyl (C=O) groups excluding carboxylic acids is 1. The van der Waals surface area contributed by atoms with Gasteiger partial charge in [0.25, 0.3) is 0 Å². The minimum atomic E-state index is -3.64. The number of hydrogen-bond donors (Lipinski definition) is 1. The van der Waals surface area contributed by atoms with E-state index in [1.165, 1.54) is 13.0 Å². The van der Waals surface area contributed by atoms with Crippen molar-refractivity contribution in [1.29, 1.82) is 0 Å². The van der Waals surface area contributed by atoms with Gasteiger partial charge in [0.2, 0.25) is 5.78 Å². The van der Waals surface area contributed by atoms with Crippen LogP contribution in [0, 0.1) is 5.92 Å². The Labute approximate surface area is 94.3 Å². The fourth-order valence-corrected chi connectivity index (χ4v) is 2.09. The number of hydrogen-bond acceptors (Lipinski definition) is 2. The number of halogens is 2. The summed E-state index contributed by atoms with van der Waals surface area (Å²) in [4.78, 5) is 11.6. The van der Waals surface area contributed by atoms with Crippen LogP contribution in [0.25, 0.3) is 0 Å². The van der Waals surface area contributed by atoms with Gasteiger partial charge >= 0.3 is 5.92 Å². The Balaban J connectivity index is 2.69. The highest BCUT2D eigenvalue weighted by atomic mass is 19.3. The first-order valence-corrected chi connectivity index (χ1v) is 5.73. The van der Waals surface area contributed by atoms with Crippen LogP contribution < -0.4 is 0 Å². The Bertz CT molecular complexity index is 268. The summed E-state index contributed by atoms with van der Waals surface area (Å²) in [5.41, 5.74) is 0. The third kappa shape index (κ3) is 2.88. The fourth-order valence-electron chi connectivity index (χ4n) is 2.09. The number of allylic oxidation sites excluding steroid dienone is 1. The Kier molecular flexibility index (Phi) is 4.59. The normalized spacial score (nSPS) is 21.2. The zero-order valence-electron chi connectivity index (χ0n) is 9.46. The molecule has 1 fully saturated rings. The van der Waals surface area contributed by atoms with Crippen molar-refractivity contribution in [2.24, 2.45) is 5.92 Å². The predicted octanol–water partition coefficient (Wildman–Crippen LogP) is 2.71. The number of carbonyl (C=O) groups is 1. The molecule has 0 radical (unpaired) electrons. The second-order valence-electron chi connectivity index (χ2n) is 4.29. The van der Waals surface area contributed by atoms with E-state index in [4.69, 9.17) is 0 Å². The van der Waals surface area contributed by atoms with Crippen LogP contribution in [0.3, 0.4) is 0 Å². The molecular weight excluding hydrogens is 214 g/mol. The Hall–Kier alpha value is -0.770. The molecule has 0 heterocycles. The van der Waals surface area contributed by atoms with Crippen LogP contribution in [0.5, 0.6) is 0 Å². The van der Waals surface area contributed by atoms with Gasteiger partial charge in [-0.1, -0.05) is 31.4 Å². The minimum absolute atomic E-state index is 0.525. The van der Waals surface area contributed by atoms with Gasteiger partial charge in [-0.3, -0.25) is 4.79 Å². The lowest BCUT2D eigenvalue weighted by Gasteiger charge is -2.26. The number of rotatable bonds is 4. The summed E-state index contributed by atoms with van der Waals surface area (Å²) in [5, 5.41) is 9.22. The lowest BCUT2D eigenvalue weighted by Crippen LogP contribution is -2.44. The number of alkyl halides is 2. The first kappa shape index (κ1) is 13.3. The quantitative estimate of drug-likeness (QED) is 0.757. The van der Waals surface area contributed by atoms with Gasteiger partial charge in [0.05, 0.1) is 0 Å². The molecule has 4 heteroatoms. The van der Waals surface area contributed by atoms with Gasteiger partial charge in [0.1, 0.15) is 6.10 Å². The van der Waals surface area contributed by atoms with E-state index < -0.39 is 23.7 Å². The molecule has 0 spiro atoms. The second-order valence-corrected chi connectivity index (χ2v) is 4.29. The van der Waals surface area contributed by atoms with Crippen LogP contribution in [0.2, 0.25) is 0 Å². The number of aliphatic hydroxyl groups excluding tert-OH is 1. The molecule has 0 amide bonds. The highest BCUT2D eigenvalue weighted by Crippen LogP contribution is 2.32. The zero-order valence-corrected chi connectivity index (χ0v) is 9.46. The number of aliphatic hydroxyl groups is 1. The predicted molar refractivity (Wildman–Crippen MR) is 57.3 cm³/mol. The van der Waals surface area contributed by atoms with Crippen LogP contribution in [-0.4, -0.2) is 22.9 Å². The first-order valence-electron chi connectivity index (χ1n) is 5.73. The van der Waals surface area contributed by atoms with E-state index in [1.54, 1.807) is 0 Å². The van der Waals surface area contributed by atoms with Crippen molar-refractivity contribution < 1.29 is 18.7 Å². The van der Waals surface area contributed by atoms with Crippen molar-refractivity contribution in [1.82, 2.24) is 0 Å². The third-order valence-electron chi connectivity index (χ3n) is 3.05. The lowest BCUT2D eigenvalue weighted by atomic mass is 9.83. The van der Waals surface area contributed by atoms with Crippen molar-refractivity contribution in [3.8, 4) is 0 Å². The van der Waals surface area contributed by atoms with E-state index in [-0.39, 0.29) is 0 Å². The molecule has 1 aliphatic rings. The van der Waals surface area contributed by atoms with Gasteiger partial charge in [-0.2, -0.15) is 8.78 Å². The summed E-state index contributed by atoms with van der Waals surface area (Å²) < 4.78 is 27.1. The van der Waals surface area contributed by atoms with E-state index in [1.807, 2.05) is 0 Å². The highest BCUT2D eigenvalue weighted by molar-refractivity contribution is 5.88. The smallest absolute Gasteiger partial charge is 0.334 e. The lowest BCUT2D eigenvalue weighted by molar-refractivity contribution is -0.161. The molecule has 0 aliphatic heterocycles. The molecule has 0 aromatic heterocycles. The average molecular weight is 232 g/mol. The van der Waals surface area contributed by atoms with E-state index in [9.17, 15) is 18.7 Å². The van der Waals surface area contributed by atoms with Crippen molar-refractivity contribution in [2.75, 3.05) is 0 Å². The highest BCUT2D eigenvalue weighted by Gasteiger charge is 2.47. The minimum Gasteiger partial charge on any atom is -0.382 e. The third-order valence-corrected chi connectivity index (χ3v) is 3.05. The first-order chi connectivity index (χ1) is 7.50. The zero-order chi connectivity index (χ0) is 12.2. The van der Waals surface area contributed by atoms with Crippen LogP contribution in [0.4, 0.5) is 8.78 Å². The Morgan fingerprint density at radius 3 is 2.44 bits per heavy atom. The average Bonchev–Trinajstić information content (AvgIpc) is 2.29. The van der Waals surface area contributed by atoms with Gasteiger partial charge in [0.15, 0.2) is 0 Å². The Morgan fingerprint density at radius 1 is 1.38 bits per heavy atom. The largest absolute Gasteiger partial charge is 0.382 e. The van der Waals surface area contributed by atoms with Gasteiger partial charge in [-0.15, -0.1) is 0 Å². The molecule has 0 bridgehead atoms. The maximum atomic E-state index is 13.5. The van der Waals surface area contributed by atoms with Crippen LogP contribution >= 0.6 is 0 Å². The van der Waals surface area contributed by atoms with Gasteiger partial charge in [-0.05, 0) is 19.8 Å². The SMILES string of the molecule is C/C=C/C(O)C(F)(F)C(=O)C1CCCCC1. The molecule has 1 N–H and O–H groups in total. The van der Waals surface area contributed by atoms with Crippen molar-refractivity contribution in [3.63, 3.8) is 0 Å². The molecule has 1 unspecified atom stereocenters. The molecule has 16 heavy (non-hydrogen) atoms. The van der Waals surface area contributed by atoms with E-state index in [2.05, 4.69) is 0 Å². The summed E-state index contributed by atoms with van der Waals surface area (Å²) in [6.45, 7) is 1.53. The Morgan fingerprint density at radius 2 is 1.94 bits per heavy atom. The van der Waals surface area contributed by atoms with Crippen molar-refractivity contribution in [3.05, 3.63) is 12.2 Å². The van der Waals surface area contributed by atoms with Crippen LogP contribution in [0.15, 0.2) is 12.2 Å². The van der Waals surface area contributed by atoms with E-state index in [0.717, 1.165) is 25.3 Å². The van der Waals surface area contributed by atoms with E-state index >= 15 is 0 Å². The van der Waals surface area contributed by atoms with Gasteiger partial charge in [0, 0.05) is 5.92 Å². The van der Waals surface area contributed by atoms with Crippen LogP contribution in [-0.2, 0) is 4.79 Å². The molecule has 0 aromatic carbocycles. The molecule has 1 atom stereocenters. The summed E-state index contributed by atoms with van der Waals surface area (Å²) in [6.07, 6.45) is 4.00. The number of ketones is 1. The fraction of sp³-hybridized carbons (Fsp3) is 0.750. The number of Topliss-reactive ketones (excluding diaryl/α,β-unsaturated/α-hetero) is 1. The molecule has 1 rings (SSSR count). The molecular formula is C12H18F2O2. The molecule has 0 saturated heterocycles. The van der Waals surface area contributed by atoms with Crippen molar-refractivity contribution >= 4 is 5.78 Å². The molecule has 1 saturated carbocycles. The molecule has 92 valence electrons. The van der Waals surface area contributed by atoms with Crippen molar-refractivity contribution in [2.45, 2.75) is 51.1 Å². The second kappa shape index (κ2) is 5.53. The van der Waals surface area contributed by atoms with E-state index in [0.29, 0.717) is 12.8 Å². The van der Waals surface area contributed by atoms with Crippen LogP contribution in [0.1, 0.15) is 39.0 Å².